The molecule has 0 atom stereocenters. The van der Waals surface area contributed by atoms with E-state index in [2.05, 4.69) is 137 Å². The Bertz CT molecular complexity index is 2180. The highest BCUT2D eigenvalue weighted by Gasteiger charge is 2.13. The van der Waals surface area contributed by atoms with Crippen molar-refractivity contribution in [1.82, 2.24) is 0 Å². The van der Waals surface area contributed by atoms with Crippen LogP contribution in [-0.4, -0.2) is 11.9 Å². The summed E-state index contributed by atoms with van der Waals surface area (Å²) in [5.74, 6) is -1.07. The van der Waals surface area contributed by atoms with Gasteiger partial charge >= 0.3 is 11.9 Å². The molecule has 0 unspecified atom stereocenters. The predicted octanol–water partition coefficient (Wildman–Crippen LogP) is 10.9. The monoisotopic (exact) mass is 726 g/mol. The lowest BCUT2D eigenvalue weighted by molar-refractivity contribution is -0.275. The maximum atomic E-state index is 11.5. The first-order chi connectivity index (χ1) is 27.0. The Balaban J connectivity index is 1.16. The number of hydrogen-bond acceptors (Lipinski definition) is 7. The van der Waals surface area contributed by atoms with E-state index in [-0.39, 0.29) is 13.2 Å². The largest absolute Gasteiger partial charge is 0.458 e. The molecule has 0 saturated carbocycles. The Morgan fingerprint density at radius 1 is 0.455 bits per heavy atom. The van der Waals surface area contributed by atoms with Gasteiger partial charge in [0, 0.05) is 48.0 Å². The molecule has 6 aromatic carbocycles. The third-order valence-corrected chi connectivity index (χ3v) is 8.82. The Labute approximate surface area is 322 Å². The number of nitrogens with zero attached hydrogens (tertiary/aromatic N) is 2. The second-order valence-electron chi connectivity index (χ2n) is 12.7. The maximum Gasteiger partial charge on any atom is 0.365 e. The van der Waals surface area contributed by atoms with Gasteiger partial charge in [0.1, 0.15) is 13.2 Å². The van der Waals surface area contributed by atoms with E-state index in [4.69, 9.17) is 9.62 Å². The summed E-state index contributed by atoms with van der Waals surface area (Å²) in [7, 11) is 0. The Morgan fingerprint density at radius 2 is 0.836 bits per heavy atom. The van der Waals surface area contributed by atoms with E-state index in [1.165, 1.54) is 17.2 Å². The molecule has 0 fully saturated rings. The molecule has 0 amide bonds. The number of ether oxygens (including phenoxy) is 1. The van der Waals surface area contributed by atoms with E-state index in [1.807, 2.05) is 60.7 Å². The van der Waals surface area contributed by atoms with Crippen molar-refractivity contribution in [2.24, 2.45) is 0 Å². The van der Waals surface area contributed by atoms with Gasteiger partial charge in [-0.15, -0.1) is 0 Å². The van der Waals surface area contributed by atoms with E-state index in [9.17, 15) is 9.59 Å². The number of carbonyl (C=O) groups is 2. The van der Waals surface area contributed by atoms with Gasteiger partial charge in [0.05, 0.1) is 0 Å². The standard InChI is InChI=1S/C48H42N2O5/c1-3-47(51)53-35-41-21-29-45(30-22-41)49(33-39-11-7-5-8-12-39)43-25-17-37(18-26-43)15-16-38-19-27-44(28-20-38)50(34-40-13-9-6-10-14-40)46-31-23-42(24-32-46)36-54-55-48(52)4-2/h3-32H,1-2,33-36H2. The van der Waals surface area contributed by atoms with E-state index in [1.54, 1.807) is 0 Å². The van der Waals surface area contributed by atoms with E-state index >= 15 is 0 Å². The lowest BCUT2D eigenvalue weighted by atomic mass is 10.1. The zero-order valence-corrected chi connectivity index (χ0v) is 30.5. The number of benzene rings is 6. The minimum absolute atomic E-state index is 0.139. The van der Waals surface area contributed by atoms with Gasteiger partial charge in [-0.25, -0.2) is 9.59 Å². The first-order valence-electron chi connectivity index (χ1n) is 17.9. The minimum Gasteiger partial charge on any atom is -0.458 e. The predicted molar refractivity (Wildman–Crippen MR) is 220 cm³/mol. The molecule has 6 rings (SSSR count). The number of esters is 1. The van der Waals surface area contributed by atoms with Crippen molar-refractivity contribution in [3.05, 3.63) is 216 Å². The van der Waals surface area contributed by atoms with Crippen LogP contribution in [0.5, 0.6) is 0 Å². The first-order valence-corrected chi connectivity index (χ1v) is 17.9. The van der Waals surface area contributed by atoms with Gasteiger partial charge < -0.3 is 14.5 Å². The average molecular weight is 727 g/mol. The summed E-state index contributed by atoms with van der Waals surface area (Å²) in [5, 5.41) is 0. The van der Waals surface area contributed by atoms with Crippen LogP contribution < -0.4 is 9.80 Å². The maximum absolute atomic E-state index is 11.5. The average Bonchev–Trinajstić information content (AvgIpc) is 3.25. The summed E-state index contributed by atoms with van der Waals surface area (Å²) in [6.07, 6.45) is 6.47. The molecule has 0 radical (unpaired) electrons. The first kappa shape index (κ1) is 37.8. The highest BCUT2D eigenvalue weighted by molar-refractivity contribution is 5.81. The number of rotatable bonds is 17. The molecular formula is C48H42N2O5. The van der Waals surface area contributed by atoms with Gasteiger partial charge in [0.15, 0.2) is 0 Å². The van der Waals surface area contributed by atoms with Gasteiger partial charge in [-0.05, 0) is 81.9 Å². The molecule has 0 aliphatic heterocycles. The molecule has 7 heteroatoms. The topological polar surface area (TPSA) is 68.3 Å². The summed E-state index contributed by atoms with van der Waals surface area (Å²) in [5.41, 5.74) is 10.5. The second-order valence-corrected chi connectivity index (χ2v) is 12.7. The van der Waals surface area contributed by atoms with Gasteiger partial charge in [-0.2, -0.15) is 4.89 Å². The van der Waals surface area contributed by atoms with E-state index in [0.717, 1.165) is 51.1 Å². The summed E-state index contributed by atoms with van der Waals surface area (Å²) >= 11 is 0. The molecule has 0 aromatic heterocycles. The zero-order valence-electron chi connectivity index (χ0n) is 30.5. The molecule has 0 heterocycles. The number of carbonyl (C=O) groups excluding carboxylic acids is 2. The Morgan fingerprint density at radius 3 is 1.24 bits per heavy atom. The van der Waals surface area contributed by atoms with Crippen LogP contribution in [0.4, 0.5) is 22.7 Å². The third-order valence-electron chi connectivity index (χ3n) is 8.82. The quantitative estimate of drug-likeness (QED) is 0.0305. The van der Waals surface area contributed by atoms with Gasteiger partial charge in [0.2, 0.25) is 0 Å². The van der Waals surface area contributed by atoms with Crippen LogP contribution in [0.3, 0.4) is 0 Å². The molecule has 0 spiro atoms. The van der Waals surface area contributed by atoms with Crippen LogP contribution in [0.15, 0.2) is 183 Å². The molecule has 7 nitrogen and oxygen atoms in total. The van der Waals surface area contributed by atoms with Gasteiger partial charge in [-0.3, -0.25) is 4.89 Å². The van der Waals surface area contributed by atoms with Crippen LogP contribution in [0.2, 0.25) is 0 Å². The molecule has 6 aromatic rings. The van der Waals surface area contributed by atoms with Crippen molar-refractivity contribution < 1.29 is 24.1 Å². The summed E-state index contributed by atoms with van der Waals surface area (Å²) in [4.78, 5) is 37.1. The summed E-state index contributed by atoms with van der Waals surface area (Å²) in [6, 6.07) is 53.8. The van der Waals surface area contributed by atoms with Crippen LogP contribution in [0.25, 0.3) is 12.2 Å². The fraction of sp³-hybridized carbons (Fsp3) is 0.0833. The van der Waals surface area contributed by atoms with Crippen molar-refractivity contribution in [3.63, 3.8) is 0 Å². The molecule has 0 N–H and O–H groups in total. The van der Waals surface area contributed by atoms with E-state index < -0.39 is 11.9 Å². The van der Waals surface area contributed by atoms with Crippen molar-refractivity contribution >= 4 is 46.8 Å². The molecule has 0 aliphatic rings. The van der Waals surface area contributed by atoms with Gasteiger partial charge in [-0.1, -0.05) is 135 Å². The van der Waals surface area contributed by atoms with Crippen molar-refractivity contribution in [2.75, 3.05) is 9.80 Å². The highest BCUT2D eigenvalue weighted by Crippen LogP contribution is 2.31. The minimum atomic E-state index is -0.630. The Kier molecular flexibility index (Phi) is 13.2. The molecule has 274 valence electrons. The molecule has 0 aliphatic carbocycles. The van der Waals surface area contributed by atoms with Crippen molar-refractivity contribution in [3.8, 4) is 0 Å². The molecule has 0 saturated heterocycles. The summed E-state index contributed by atoms with van der Waals surface area (Å²) in [6.45, 7) is 8.55. The van der Waals surface area contributed by atoms with Crippen LogP contribution in [0, 0.1) is 0 Å². The van der Waals surface area contributed by atoms with Crippen LogP contribution in [0.1, 0.15) is 33.4 Å². The fourth-order valence-electron chi connectivity index (χ4n) is 5.87. The lowest BCUT2D eigenvalue weighted by Crippen LogP contribution is -2.16. The Hall–Kier alpha value is -6.96. The smallest absolute Gasteiger partial charge is 0.365 e. The fourth-order valence-corrected chi connectivity index (χ4v) is 5.87. The lowest BCUT2D eigenvalue weighted by Gasteiger charge is -2.26. The van der Waals surface area contributed by atoms with Crippen molar-refractivity contribution in [2.45, 2.75) is 26.3 Å². The van der Waals surface area contributed by atoms with Crippen LogP contribution >= 0.6 is 0 Å². The number of hydrogen-bond donors (Lipinski definition) is 0. The molecule has 55 heavy (non-hydrogen) atoms. The van der Waals surface area contributed by atoms with E-state index in [0.29, 0.717) is 13.1 Å². The highest BCUT2D eigenvalue weighted by atomic mass is 17.2. The SMILES string of the molecule is C=CC(=O)OCc1ccc(N(Cc2ccccc2)c2ccc(C=Cc3ccc(N(Cc4ccccc4)c4ccc(COOC(=O)C=C)cc4)cc3)cc2)cc1. The van der Waals surface area contributed by atoms with Crippen LogP contribution in [-0.2, 0) is 50.4 Å². The third kappa shape index (κ3) is 11.0. The zero-order chi connectivity index (χ0) is 38.2. The van der Waals surface area contributed by atoms with Crippen molar-refractivity contribution in [1.29, 1.82) is 0 Å². The molecular weight excluding hydrogens is 685 g/mol. The van der Waals surface area contributed by atoms with Gasteiger partial charge in [0.25, 0.3) is 0 Å². The normalized spacial score (nSPS) is 10.8. The second kappa shape index (κ2) is 19.2. The number of anilines is 4. The molecule has 0 bridgehead atoms. The summed E-state index contributed by atoms with van der Waals surface area (Å²) < 4.78 is 5.21.